The van der Waals surface area contributed by atoms with Gasteiger partial charge in [0.1, 0.15) is 5.75 Å². The van der Waals surface area contributed by atoms with Crippen LogP contribution in [0.5, 0.6) is 5.75 Å². The molecule has 5 nitrogen and oxygen atoms in total. The number of anilines is 1. The molecule has 0 aliphatic carbocycles. The maximum atomic E-state index is 12.2. The van der Waals surface area contributed by atoms with Crippen molar-refractivity contribution >= 4 is 11.6 Å². The van der Waals surface area contributed by atoms with Crippen molar-refractivity contribution < 1.29 is 9.53 Å². The van der Waals surface area contributed by atoms with Crippen LogP contribution in [0, 0.1) is 0 Å². The summed E-state index contributed by atoms with van der Waals surface area (Å²) in [7, 11) is 2.12. The Balaban J connectivity index is 1.92. The highest BCUT2D eigenvalue weighted by Gasteiger charge is 2.19. The van der Waals surface area contributed by atoms with Gasteiger partial charge in [0, 0.05) is 18.2 Å². The van der Waals surface area contributed by atoms with Gasteiger partial charge in [-0.1, -0.05) is 6.42 Å². The van der Waals surface area contributed by atoms with Crippen molar-refractivity contribution in [3.63, 3.8) is 0 Å². The summed E-state index contributed by atoms with van der Waals surface area (Å²) in [6.45, 7) is 4.25. The number of likely N-dealkylation sites (tertiary alicyclic amines) is 1. The monoisotopic (exact) mass is 291 g/mol. The van der Waals surface area contributed by atoms with Gasteiger partial charge in [-0.2, -0.15) is 0 Å². The van der Waals surface area contributed by atoms with Crippen molar-refractivity contribution in [2.24, 2.45) is 0 Å². The number of nitrogens with two attached hydrogens (primary N) is 1. The molecule has 1 amide bonds. The van der Waals surface area contributed by atoms with Crippen LogP contribution in [0.15, 0.2) is 18.2 Å². The topological polar surface area (TPSA) is 67.6 Å². The first-order chi connectivity index (χ1) is 10.1. The Labute approximate surface area is 126 Å². The van der Waals surface area contributed by atoms with Crippen LogP contribution < -0.4 is 15.8 Å². The number of hydrogen-bond donors (Lipinski definition) is 2. The van der Waals surface area contributed by atoms with Crippen LogP contribution in [-0.4, -0.2) is 43.6 Å². The molecule has 1 aliphatic rings. The maximum absolute atomic E-state index is 12.2. The second-order valence-electron chi connectivity index (χ2n) is 5.53. The lowest BCUT2D eigenvalue weighted by molar-refractivity contribution is 0.0928. The molecule has 0 bridgehead atoms. The third-order valence-electron chi connectivity index (χ3n) is 3.99. The Morgan fingerprint density at radius 3 is 2.95 bits per heavy atom. The van der Waals surface area contributed by atoms with E-state index < -0.39 is 0 Å². The third-order valence-corrected chi connectivity index (χ3v) is 3.99. The molecule has 5 heteroatoms. The fraction of sp³-hybridized carbons (Fsp3) is 0.562. The molecule has 1 aromatic carbocycles. The first-order valence-electron chi connectivity index (χ1n) is 7.62. The minimum atomic E-state index is -0.0799. The number of benzene rings is 1. The van der Waals surface area contributed by atoms with Gasteiger partial charge in [0.2, 0.25) is 0 Å². The Hall–Kier alpha value is -1.75. The average Bonchev–Trinajstić information content (AvgIpc) is 2.48. The van der Waals surface area contributed by atoms with Crippen molar-refractivity contribution in [2.75, 3.05) is 32.5 Å². The summed E-state index contributed by atoms with van der Waals surface area (Å²) in [6, 6.07) is 5.61. The van der Waals surface area contributed by atoms with Gasteiger partial charge in [-0.15, -0.1) is 0 Å². The van der Waals surface area contributed by atoms with Gasteiger partial charge >= 0.3 is 0 Å². The van der Waals surface area contributed by atoms with Gasteiger partial charge in [-0.05, 0) is 51.6 Å². The normalized spacial score (nSPS) is 19.2. The predicted molar refractivity (Wildman–Crippen MR) is 84.6 cm³/mol. The highest BCUT2D eigenvalue weighted by molar-refractivity contribution is 5.95. The van der Waals surface area contributed by atoms with Gasteiger partial charge in [0.05, 0.1) is 12.3 Å². The molecule has 1 fully saturated rings. The van der Waals surface area contributed by atoms with Crippen molar-refractivity contribution in [1.82, 2.24) is 10.2 Å². The van der Waals surface area contributed by atoms with Crippen molar-refractivity contribution in [3.8, 4) is 5.75 Å². The molecule has 0 radical (unpaired) electrons. The van der Waals surface area contributed by atoms with E-state index in [1.165, 1.54) is 12.8 Å². The number of carbonyl (C=O) groups excluding carboxylic acids is 1. The molecule has 0 spiro atoms. The lowest BCUT2D eigenvalue weighted by atomic mass is 10.0. The predicted octanol–water partition coefficient (Wildman–Crippen LogP) is 1.88. The van der Waals surface area contributed by atoms with Crippen LogP contribution in [-0.2, 0) is 0 Å². The molecule has 0 aromatic heterocycles. The van der Waals surface area contributed by atoms with Crippen LogP contribution in [0.4, 0.5) is 5.69 Å². The maximum Gasteiger partial charge on any atom is 0.251 e. The molecule has 116 valence electrons. The quantitative estimate of drug-likeness (QED) is 0.813. The summed E-state index contributed by atoms with van der Waals surface area (Å²) in [4.78, 5) is 14.5. The van der Waals surface area contributed by atoms with E-state index in [1.54, 1.807) is 18.2 Å². The van der Waals surface area contributed by atoms with E-state index in [2.05, 4.69) is 17.3 Å². The van der Waals surface area contributed by atoms with Gasteiger partial charge in [0.15, 0.2) is 0 Å². The summed E-state index contributed by atoms with van der Waals surface area (Å²) in [5.74, 6) is 0.546. The fourth-order valence-corrected chi connectivity index (χ4v) is 2.69. The summed E-state index contributed by atoms with van der Waals surface area (Å²) in [6.07, 6.45) is 3.62. The molecule has 3 N–H and O–H groups in total. The molecule has 1 atom stereocenters. The Morgan fingerprint density at radius 2 is 2.29 bits per heavy atom. The number of ether oxygens (including phenoxy) is 1. The summed E-state index contributed by atoms with van der Waals surface area (Å²) < 4.78 is 5.38. The summed E-state index contributed by atoms with van der Waals surface area (Å²) >= 11 is 0. The molecule has 0 saturated carbocycles. The van der Waals surface area contributed by atoms with E-state index in [1.807, 2.05) is 6.92 Å². The van der Waals surface area contributed by atoms with E-state index in [4.69, 9.17) is 10.5 Å². The Bertz CT molecular complexity index is 490. The Kier molecular flexibility index (Phi) is 5.44. The minimum absolute atomic E-state index is 0.0799. The average molecular weight is 291 g/mol. The molecule has 1 aliphatic heterocycles. The number of nitrogens with zero attached hydrogens (tertiary/aromatic N) is 1. The molecular formula is C16H25N3O2. The van der Waals surface area contributed by atoms with Gasteiger partial charge in [-0.3, -0.25) is 4.79 Å². The van der Waals surface area contributed by atoms with Crippen molar-refractivity contribution in [2.45, 2.75) is 32.2 Å². The molecule has 21 heavy (non-hydrogen) atoms. The zero-order chi connectivity index (χ0) is 15.2. The molecule has 1 aromatic rings. The number of hydrogen-bond acceptors (Lipinski definition) is 4. The SMILES string of the molecule is CCOc1ccc(C(=O)NCC2CCCCN2C)cc1N. The molecule has 2 rings (SSSR count). The third kappa shape index (κ3) is 4.11. The number of amides is 1. The van der Waals surface area contributed by atoms with Crippen LogP contribution >= 0.6 is 0 Å². The van der Waals surface area contributed by atoms with Crippen LogP contribution in [0.2, 0.25) is 0 Å². The van der Waals surface area contributed by atoms with Gasteiger partial charge in [-0.25, -0.2) is 0 Å². The van der Waals surface area contributed by atoms with E-state index in [9.17, 15) is 4.79 Å². The second-order valence-corrected chi connectivity index (χ2v) is 5.53. The summed E-state index contributed by atoms with van der Waals surface area (Å²) in [5.41, 5.74) is 6.97. The minimum Gasteiger partial charge on any atom is -0.492 e. The van der Waals surface area contributed by atoms with E-state index in [0.717, 1.165) is 13.0 Å². The van der Waals surface area contributed by atoms with Gasteiger partial charge in [0.25, 0.3) is 5.91 Å². The van der Waals surface area contributed by atoms with E-state index in [0.29, 0.717) is 36.2 Å². The van der Waals surface area contributed by atoms with Crippen molar-refractivity contribution in [3.05, 3.63) is 23.8 Å². The molecule has 1 unspecified atom stereocenters. The number of nitrogens with one attached hydrogen (secondary N) is 1. The highest BCUT2D eigenvalue weighted by Crippen LogP contribution is 2.22. The molecule has 1 saturated heterocycles. The summed E-state index contributed by atoms with van der Waals surface area (Å²) in [5, 5.41) is 3.00. The number of rotatable bonds is 5. The second kappa shape index (κ2) is 7.31. The van der Waals surface area contributed by atoms with E-state index in [-0.39, 0.29) is 5.91 Å². The zero-order valence-corrected chi connectivity index (χ0v) is 12.9. The number of carbonyl (C=O) groups is 1. The number of piperidine rings is 1. The Morgan fingerprint density at radius 1 is 1.48 bits per heavy atom. The van der Waals surface area contributed by atoms with Crippen LogP contribution in [0.3, 0.4) is 0 Å². The smallest absolute Gasteiger partial charge is 0.251 e. The number of nitrogen functional groups attached to an aromatic ring is 1. The van der Waals surface area contributed by atoms with Crippen LogP contribution in [0.25, 0.3) is 0 Å². The van der Waals surface area contributed by atoms with Crippen LogP contribution in [0.1, 0.15) is 36.5 Å². The van der Waals surface area contributed by atoms with E-state index >= 15 is 0 Å². The highest BCUT2D eigenvalue weighted by atomic mass is 16.5. The molecular weight excluding hydrogens is 266 g/mol. The van der Waals surface area contributed by atoms with Crippen molar-refractivity contribution in [1.29, 1.82) is 0 Å². The zero-order valence-electron chi connectivity index (χ0n) is 12.9. The molecule has 1 heterocycles. The first kappa shape index (κ1) is 15.6. The number of likely N-dealkylation sites (N-methyl/N-ethyl adjacent to an activating group) is 1. The lowest BCUT2D eigenvalue weighted by Gasteiger charge is -2.32. The standard InChI is InChI=1S/C16H25N3O2/c1-3-21-15-8-7-12(10-14(15)17)16(20)18-11-13-6-4-5-9-19(13)2/h7-8,10,13H,3-6,9,11,17H2,1-2H3,(H,18,20). The van der Waals surface area contributed by atoms with Gasteiger partial charge < -0.3 is 20.7 Å². The first-order valence-corrected chi connectivity index (χ1v) is 7.62. The lowest BCUT2D eigenvalue weighted by Crippen LogP contribution is -2.44. The fourth-order valence-electron chi connectivity index (χ4n) is 2.69. The largest absolute Gasteiger partial charge is 0.492 e.